The zero-order chi connectivity index (χ0) is 21.2. The van der Waals surface area contributed by atoms with E-state index in [0.717, 1.165) is 22.0 Å². The smallest absolute Gasteiger partial charge is 0.250 e. The van der Waals surface area contributed by atoms with Gasteiger partial charge in [0.1, 0.15) is 5.82 Å². The second kappa shape index (κ2) is 6.41. The highest BCUT2D eigenvalue weighted by molar-refractivity contribution is 6.20. The van der Waals surface area contributed by atoms with Crippen molar-refractivity contribution >= 4 is 27.7 Å². The second-order valence-electron chi connectivity index (χ2n) is 9.12. The van der Waals surface area contributed by atoms with Gasteiger partial charge in [0.05, 0.1) is 11.1 Å². The second-order valence-corrected chi connectivity index (χ2v) is 9.12. The number of rotatable bonds is 2. The molecule has 0 saturated carbocycles. The van der Waals surface area contributed by atoms with Gasteiger partial charge < -0.3 is 16.0 Å². The molecule has 0 bridgehead atoms. The average Bonchev–Trinajstić information content (AvgIpc) is 3.29. The molecular formula is C25H24FN3O. The number of hydrogen-bond acceptors (Lipinski definition) is 2. The normalized spacial score (nSPS) is 16.3. The number of nitrogens with one attached hydrogen (secondary N) is 2. The van der Waals surface area contributed by atoms with Crippen LogP contribution in [0.4, 0.5) is 4.39 Å². The van der Waals surface area contributed by atoms with Crippen molar-refractivity contribution in [2.45, 2.75) is 33.4 Å². The van der Waals surface area contributed by atoms with E-state index in [1.54, 1.807) is 0 Å². The van der Waals surface area contributed by atoms with E-state index in [-0.39, 0.29) is 17.0 Å². The summed E-state index contributed by atoms with van der Waals surface area (Å²) in [6, 6.07) is 15.2. The van der Waals surface area contributed by atoms with Gasteiger partial charge >= 0.3 is 0 Å². The minimum atomic E-state index is -0.648. The first-order valence-corrected chi connectivity index (χ1v) is 10.2. The Labute approximate surface area is 174 Å². The van der Waals surface area contributed by atoms with E-state index in [1.807, 2.05) is 36.4 Å². The Morgan fingerprint density at radius 2 is 1.90 bits per heavy atom. The van der Waals surface area contributed by atoms with Crippen LogP contribution in [0.5, 0.6) is 0 Å². The summed E-state index contributed by atoms with van der Waals surface area (Å²) in [7, 11) is 0. The molecule has 5 heteroatoms. The molecule has 4 nitrogen and oxygen atoms in total. The summed E-state index contributed by atoms with van der Waals surface area (Å²) in [5.41, 5.74) is 10.9. The number of nitrogens with two attached hydrogens (primary N) is 1. The first-order valence-electron chi connectivity index (χ1n) is 10.2. The molecule has 1 unspecified atom stereocenters. The number of carbonyl (C=O) groups excluding carboxylic acids is 1. The SMILES string of the molecule is CC(C)(C)C1NCc2c(-c3c(F)cc(C(N)=O)c4[nH]c5ccccc5c34)cccc21. The summed E-state index contributed by atoms with van der Waals surface area (Å²) in [4.78, 5) is 15.3. The lowest BCUT2D eigenvalue weighted by atomic mass is 9.81. The van der Waals surface area contributed by atoms with Gasteiger partial charge in [0, 0.05) is 34.4 Å². The quantitative estimate of drug-likeness (QED) is 0.420. The largest absolute Gasteiger partial charge is 0.366 e. The molecule has 1 aromatic heterocycles. The maximum absolute atomic E-state index is 15.6. The fourth-order valence-electron chi connectivity index (χ4n) is 4.85. The van der Waals surface area contributed by atoms with Crippen molar-refractivity contribution in [3.8, 4) is 11.1 Å². The lowest BCUT2D eigenvalue weighted by molar-refractivity contribution is 0.100. The van der Waals surface area contributed by atoms with E-state index >= 15 is 4.39 Å². The van der Waals surface area contributed by atoms with Gasteiger partial charge in [0.2, 0.25) is 0 Å². The molecule has 5 rings (SSSR count). The lowest BCUT2D eigenvalue weighted by Crippen LogP contribution is -2.26. The van der Waals surface area contributed by atoms with Crippen LogP contribution in [0, 0.1) is 11.2 Å². The van der Waals surface area contributed by atoms with Crippen LogP contribution in [0.15, 0.2) is 48.5 Å². The highest BCUT2D eigenvalue weighted by Crippen LogP contribution is 2.45. The van der Waals surface area contributed by atoms with E-state index in [9.17, 15) is 4.79 Å². The lowest BCUT2D eigenvalue weighted by Gasteiger charge is -2.28. The monoisotopic (exact) mass is 401 g/mol. The number of benzene rings is 3. The molecule has 1 aliphatic rings. The number of halogens is 1. The third-order valence-electron chi connectivity index (χ3n) is 6.14. The van der Waals surface area contributed by atoms with Gasteiger partial charge in [-0.3, -0.25) is 4.79 Å². The molecule has 0 spiro atoms. The molecule has 4 aromatic rings. The number of carbonyl (C=O) groups is 1. The number of H-pyrrole nitrogens is 1. The Morgan fingerprint density at radius 3 is 2.63 bits per heavy atom. The van der Waals surface area contributed by atoms with Gasteiger partial charge in [-0.15, -0.1) is 0 Å². The van der Waals surface area contributed by atoms with Crippen molar-refractivity contribution in [1.82, 2.24) is 10.3 Å². The van der Waals surface area contributed by atoms with Crippen LogP contribution in [0.3, 0.4) is 0 Å². The van der Waals surface area contributed by atoms with Crippen LogP contribution in [-0.2, 0) is 6.54 Å². The number of aromatic amines is 1. The third kappa shape index (κ3) is 2.66. The molecule has 0 aliphatic carbocycles. The van der Waals surface area contributed by atoms with Crippen molar-refractivity contribution in [3.63, 3.8) is 0 Å². The summed E-state index contributed by atoms with van der Waals surface area (Å²) < 4.78 is 15.6. The number of hydrogen-bond donors (Lipinski definition) is 3. The van der Waals surface area contributed by atoms with Crippen LogP contribution in [-0.4, -0.2) is 10.9 Å². The molecule has 1 aliphatic heterocycles. The molecule has 0 fully saturated rings. The van der Waals surface area contributed by atoms with Crippen LogP contribution >= 0.6 is 0 Å². The van der Waals surface area contributed by atoms with Crippen molar-refractivity contribution in [1.29, 1.82) is 0 Å². The van der Waals surface area contributed by atoms with Crippen molar-refractivity contribution in [3.05, 3.63) is 71.0 Å². The van der Waals surface area contributed by atoms with Crippen LogP contribution in [0.25, 0.3) is 32.9 Å². The van der Waals surface area contributed by atoms with E-state index < -0.39 is 11.7 Å². The van der Waals surface area contributed by atoms with Crippen LogP contribution < -0.4 is 11.1 Å². The maximum atomic E-state index is 15.6. The average molecular weight is 401 g/mol. The number of primary amides is 1. The summed E-state index contributed by atoms with van der Waals surface area (Å²) in [5, 5.41) is 5.17. The highest BCUT2D eigenvalue weighted by atomic mass is 19.1. The van der Waals surface area contributed by atoms with Crippen molar-refractivity contribution < 1.29 is 9.18 Å². The fourth-order valence-corrected chi connectivity index (χ4v) is 4.85. The van der Waals surface area contributed by atoms with Crippen LogP contribution in [0.1, 0.15) is 48.3 Å². The molecule has 152 valence electrons. The predicted octanol–water partition coefficient (Wildman–Crippen LogP) is 5.42. The van der Waals surface area contributed by atoms with Crippen molar-refractivity contribution in [2.24, 2.45) is 11.1 Å². The molecule has 1 amide bonds. The predicted molar refractivity (Wildman–Crippen MR) is 119 cm³/mol. The summed E-state index contributed by atoms with van der Waals surface area (Å²) in [5.74, 6) is -1.08. The summed E-state index contributed by atoms with van der Waals surface area (Å²) in [6.07, 6.45) is 0. The molecule has 0 radical (unpaired) electrons. The van der Waals surface area contributed by atoms with E-state index in [4.69, 9.17) is 5.73 Å². The van der Waals surface area contributed by atoms with E-state index in [1.165, 1.54) is 11.6 Å². The number of aromatic nitrogens is 1. The van der Waals surface area contributed by atoms with E-state index in [2.05, 4.69) is 37.1 Å². The highest BCUT2D eigenvalue weighted by Gasteiger charge is 2.34. The Bertz CT molecular complexity index is 1330. The van der Waals surface area contributed by atoms with Gasteiger partial charge in [-0.1, -0.05) is 57.2 Å². The number of para-hydroxylation sites is 1. The van der Waals surface area contributed by atoms with Gasteiger partial charge in [0.25, 0.3) is 5.91 Å². The zero-order valence-electron chi connectivity index (χ0n) is 17.3. The van der Waals surface area contributed by atoms with Gasteiger partial charge in [-0.05, 0) is 34.2 Å². The minimum absolute atomic E-state index is 0.0361. The summed E-state index contributed by atoms with van der Waals surface area (Å²) >= 11 is 0. The molecule has 30 heavy (non-hydrogen) atoms. The minimum Gasteiger partial charge on any atom is -0.366 e. The first-order chi connectivity index (χ1) is 14.3. The Morgan fingerprint density at radius 1 is 1.13 bits per heavy atom. The molecule has 1 atom stereocenters. The van der Waals surface area contributed by atoms with Gasteiger partial charge in [-0.25, -0.2) is 4.39 Å². The van der Waals surface area contributed by atoms with Gasteiger partial charge in [-0.2, -0.15) is 0 Å². The van der Waals surface area contributed by atoms with Crippen LogP contribution in [0.2, 0.25) is 0 Å². The Kier molecular flexibility index (Phi) is 4.02. The van der Waals surface area contributed by atoms with Crippen molar-refractivity contribution in [2.75, 3.05) is 0 Å². The maximum Gasteiger partial charge on any atom is 0.250 e. The topological polar surface area (TPSA) is 70.9 Å². The zero-order valence-corrected chi connectivity index (χ0v) is 17.3. The summed E-state index contributed by atoms with van der Waals surface area (Å²) in [6.45, 7) is 7.28. The van der Waals surface area contributed by atoms with E-state index in [0.29, 0.717) is 23.0 Å². The first kappa shape index (κ1) is 18.8. The fraction of sp³-hybridized carbons (Fsp3) is 0.240. The standard InChI is InChI=1S/C25H24FN3O/c1-25(2,3)23-14-9-6-8-13(17(14)12-28-23)20-18(26)11-16(24(27)30)22-21(20)15-7-4-5-10-19(15)29-22/h4-11,23,28-29H,12H2,1-3H3,(H2,27,30). The number of amides is 1. The third-order valence-corrected chi connectivity index (χ3v) is 6.14. The molecule has 2 heterocycles. The Balaban J connectivity index is 1.88. The number of fused-ring (bicyclic) bond motifs is 4. The molecule has 4 N–H and O–H groups in total. The molecule has 0 saturated heterocycles. The molecule has 3 aromatic carbocycles. The molecular weight excluding hydrogens is 377 g/mol. The van der Waals surface area contributed by atoms with Gasteiger partial charge in [0.15, 0.2) is 0 Å². The Hall–Kier alpha value is -3.18.